The van der Waals surface area contributed by atoms with Crippen molar-refractivity contribution < 1.29 is 70.9 Å². The van der Waals surface area contributed by atoms with Gasteiger partial charge in [-0.25, -0.2) is 28.5 Å². The Kier molecular flexibility index (Phi) is 8.54. The summed E-state index contributed by atoms with van der Waals surface area (Å²) >= 11 is 0. The van der Waals surface area contributed by atoms with Crippen LogP contribution in [0.4, 0.5) is 5.82 Å². The number of esters is 1. The van der Waals surface area contributed by atoms with Crippen LogP contribution in [-0.4, -0.2) is 81.8 Å². The van der Waals surface area contributed by atoms with Crippen molar-refractivity contribution in [1.82, 2.24) is 14.5 Å². The van der Waals surface area contributed by atoms with Crippen molar-refractivity contribution in [3.05, 3.63) is 18.1 Å². The number of carbonyl (C=O) groups is 1. The number of fused-ring (bicyclic) bond motifs is 1. The van der Waals surface area contributed by atoms with E-state index < -0.39 is 60.1 Å². The van der Waals surface area contributed by atoms with E-state index in [1.807, 2.05) is 0 Å². The normalized spacial score (nSPS) is 26.8. The second-order valence-electron chi connectivity index (χ2n) is 7.73. The van der Waals surface area contributed by atoms with Crippen LogP contribution in [0.25, 0.3) is 11.0 Å². The number of phosphoric acid groups is 3. The molecule has 1 aliphatic heterocycles. The summed E-state index contributed by atoms with van der Waals surface area (Å²) < 4.78 is 57.2. The fourth-order valence-electron chi connectivity index (χ4n) is 3.40. The average Bonchev–Trinajstić information content (AvgIpc) is 3.23. The van der Waals surface area contributed by atoms with Crippen LogP contribution >= 0.6 is 23.5 Å². The van der Waals surface area contributed by atoms with Gasteiger partial charge in [-0.15, -0.1) is 0 Å². The Morgan fingerprint density at radius 1 is 1.21 bits per heavy atom. The van der Waals surface area contributed by atoms with E-state index in [-0.39, 0.29) is 22.4 Å². The van der Waals surface area contributed by atoms with Crippen LogP contribution < -0.4 is 5.73 Å². The maximum absolute atomic E-state index is 12.0. The molecule has 2 unspecified atom stereocenters. The summed E-state index contributed by atoms with van der Waals surface area (Å²) in [6.45, 7) is 0.103. The van der Waals surface area contributed by atoms with Gasteiger partial charge in [0.2, 0.25) is 0 Å². The molecule has 22 heteroatoms. The van der Waals surface area contributed by atoms with E-state index in [1.165, 1.54) is 10.8 Å². The Hall–Kier alpha value is -2.26. The summed E-state index contributed by atoms with van der Waals surface area (Å²) in [5.41, 5.74) is 3.96. The molecule has 0 saturated carbocycles. The van der Waals surface area contributed by atoms with Crippen molar-refractivity contribution in [2.75, 3.05) is 19.5 Å². The van der Waals surface area contributed by atoms with Gasteiger partial charge in [0.05, 0.1) is 24.7 Å². The van der Waals surface area contributed by atoms with Gasteiger partial charge >= 0.3 is 29.4 Å². The number of aliphatic hydroxyl groups is 2. The zero-order valence-corrected chi connectivity index (χ0v) is 21.9. The van der Waals surface area contributed by atoms with Crippen molar-refractivity contribution in [2.45, 2.75) is 31.0 Å². The van der Waals surface area contributed by atoms with Crippen LogP contribution in [0.5, 0.6) is 0 Å². The monoisotopic (exact) mass is 602 g/mol. The van der Waals surface area contributed by atoms with Gasteiger partial charge in [0.1, 0.15) is 35.6 Å². The topological polar surface area (TPSA) is 293 Å². The van der Waals surface area contributed by atoms with Crippen molar-refractivity contribution in [2.24, 2.45) is 0 Å². The van der Waals surface area contributed by atoms with E-state index in [4.69, 9.17) is 20.3 Å². The minimum atomic E-state index is -5.77. The number of carbonyl (C=O) groups excluding carboxylic acids is 1. The molecule has 2 aromatic rings. The molecule has 38 heavy (non-hydrogen) atoms. The molecule has 1 fully saturated rings. The number of phosphoric ester groups is 1. The number of hydrogen-bond donors (Lipinski definition) is 7. The third-order valence-corrected chi connectivity index (χ3v) is 8.75. The lowest BCUT2D eigenvalue weighted by Crippen LogP contribution is -2.44. The average molecular weight is 602 g/mol. The van der Waals surface area contributed by atoms with Crippen LogP contribution in [0.1, 0.15) is 18.7 Å². The number of aromatic nitrogens is 3. The molecule has 0 aliphatic carbocycles. The molecule has 3 rings (SSSR count). The highest BCUT2D eigenvalue weighted by Gasteiger charge is 2.54. The molecule has 8 N–H and O–H groups in total. The van der Waals surface area contributed by atoms with E-state index in [2.05, 4.69) is 39.7 Å². The summed E-state index contributed by atoms with van der Waals surface area (Å²) in [5, 5.41) is 21.8. The number of nitrogens with two attached hydrogens (primary N) is 1. The van der Waals surface area contributed by atoms with Crippen LogP contribution in [0.3, 0.4) is 0 Å². The molecule has 210 valence electrons. The number of nitrogen functional groups attached to an aromatic ring is 1. The maximum Gasteiger partial charge on any atom is 0.490 e. The van der Waals surface area contributed by atoms with Gasteiger partial charge in [-0.2, -0.15) is 8.62 Å². The van der Waals surface area contributed by atoms with Crippen molar-refractivity contribution in [3.8, 4) is 11.8 Å². The highest BCUT2D eigenvalue weighted by atomic mass is 31.3. The summed E-state index contributed by atoms with van der Waals surface area (Å²) in [5.74, 6) is 3.80. The van der Waals surface area contributed by atoms with Crippen molar-refractivity contribution in [1.29, 1.82) is 0 Å². The van der Waals surface area contributed by atoms with Gasteiger partial charge < -0.3 is 49.6 Å². The molecule has 19 nitrogen and oxygen atoms in total. The molecule has 0 spiro atoms. The summed E-state index contributed by atoms with van der Waals surface area (Å²) in [4.78, 5) is 55.4. The van der Waals surface area contributed by atoms with Crippen LogP contribution in [-0.2, 0) is 41.1 Å². The van der Waals surface area contributed by atoms with Crippen LogP contribution in [0, 0.1) is 11.8 Å². The van der Waals surface area contributed by atoms with E-state index in [0.29, 0.717) is 0 Å². The first-order valence-electron chi connectivity index (χ1n) is 9.92. The Morgan fingerprint density at radius 2 is 1.87 bits per heavy atom. The number of hydrogen-bond acceptors (Lipinski definition) is 14. The number of rotatable bonds is 8. The third-order valence-electron chi connectivity index (χ3n) is 4.95. The van der Waals surface area contributed by atoms with Gasteiger partial charge in [-0.1, -0.05) is 5.92 Å². The van der Waals surface area contributed by atoms with Crippen molar-refractivity contribution >= 4 is 46.3 Å². The van der Waals surface area contributed by atoms with E-state index in [1.54, 1.807) is 0 Å². The first-order valence-corrected chi connectivity index (χ1v) is 14.4. The molecule has 3 heterocycles. The number of methoxy groups -OCH3 is 1. The minimum absolute atomic E-state index is 0.0506. The second-order valence-corrected chi connectivity index (χ2v) is 12.2. The van der Waals surface area contributed by atoms with Gasteiger partial charge in [0.15, 0.2) is 6.23 Å². The summed E-state index contributed by atoms with van der Waals surface area (Å²) in [6, 6.07) is 0. The molecule has 0 amide bonds. The summed E-state index contributed by atoms with van der Waals surface area (Å²) in [6.07, 6.45) is -2.51. The quantitative estimate of drug-likeness (QED) is 0.107. The van der Waals surface area contributed by atoms with E-state index >= 15 is 0 Å². The predicted molar refractivity (Wildman–Crippen MR) is 121 cm³/mol. The molecule has 0 aromatic carbocycles. The molecule has 1 saturated heterocycles. The maximum atomic E-state index is 12.0. The minimum Gasteiger partial charge on any atom is -0.459 e. The zero-order chi connectivity index (χ0) is 28.7. The van der Waals surface area contributed by atoms with Gasteiger partial charge in [0.25, 0.3) is 0 Å². The second kappa shape index (κ2) is 10.7. The highest BCUT2D eigenvalue weighted by molar-refractivity contribution is 7.66. The number of ether oxygens (including phenoxy) is 2. The van der Waals surface area contributed by atoms with Crippen molar-refractivity contribution in [3.63, 3.8) is 0 Å². The molecule has 0 radical (unpaired) electrons. The fraction of sp³-hybridized carbons (Fsp3) is 0.438. The Morgan fingerprint density at radius 3 is 2.47 bits per heavy atom. The van der Waals surface area contributed by atoms with Gasteiger partial charge in [-0.05, 0) is 6.92 Å². The zero-order valence-electron chi connectivity index (χ0n) is 19.2. The molecule has 2 aromatic heterocycles. The predicted octanol–water partition coefficient (Wildman–Crippen LogP) is -1.11. The summed E-state index contributed by atoms with van der Waals surface area (Å²) in [7, 11) is -15.8. The van der Waals surface area contributed by atoms with Gasteiger partial charge in [0, 0.05) is 12.1 Å². The highest BCUT2D eigenvalue weighted by Crippen LogP contribution is 2.66. The third kappa shape index (κ3) is 6.84. The van der Waals surface area contributed by atoms with E-state index in [0.717, 1.165) is 20.4 Å². The first kappa shape index (κ1) is 30.3. The van der Waals surface area contributed by atoms with Crippen LogP contribution in [0.15, 0.2) is 12.5 Å². The Bertz CT molecular complexity index is 1440. The largest absolute Gasteiger partial charge is 0.490 e. The van der Waals surface area contributed by atoms with E-state index in [9.17, 15) is 38.5 Å². The smallest absolute Gasteiger partial charge is 0.459 e. The SMILES string of the molecule is COC(=O)C#Cc1cn([C@@H]2O[C@H](COP(=O)(O)OP(=O)(O)OP(=O)(O)O)[C@@H](O)[C@@]2(C)O)c2ncnc(N)c12. The Balaban J connectivity index is 1.87. The number of aliphatic hydroxyl groups excluding tert-OH is 1. The lowest BCUT2D eigenvalue weighted by Gasteiger charge is -2.27. The Labute approximate surface area is 212 Å². The molecule has 1 aliphatic rings. The first-order chi connectivity index (χ1) is 17.4. The van der Waals surface area contributed by atoms with Gasteiger partial charge in [-0.3, -0.25) is 4.52 Å². The molecule has 0 bridgehead atoms. The molecule has 6 atom stereocenters. The molecular weight excluding hydrogens is 581 g/mol. The lowest BCUT2D eigenvalue weighted by molar-refractivity contribution is -0.133. The molecular formula is C16H21N4O15P3. The standard InChI is InChI=1S/C16H21N4O15P3/c1-16(23)12(22)9(6-32-37(27,28)35-38(29,30)34-36(24,25)26)33-15(16)20-5-8(3-4-10(21)31-2)11-13(17)18-7-19-14(11)20/h5,7,9,12,15,22-23H,6H2,1-2H3,(H,27,28)(H,29,30)(H2,17,18,19)(H2,24,25,26)/t9-,12-,15-,16-/m1/s1. The number of nitrogens with zero attached hydrogens (tertiary/aromatic N) is 3. The van der Waals surface area contributed by atoms with Crippen LogP contribution in [0.2, 0.25) is 0 Å². The lowest BCUT2D eigenvalue weighted by atomic mass is 9.96. The fourth-order valence-corrected chi connectivity index (χ4v) is 6.43. The number of anilines is 1.